The minimum Gasteiger partial charge on any atom is -0.399 e. The SMILES string of the molecule is Nc1ccc(Cc2n[nH]c(=O)c3ccccc23)cc1. The van der Waals surface area contributed by atoms with E-state index in [9.17, 15) is 4.79 Å². The highest BCUT2D eigenvalue weighted by Crippen LogP contribution is 2.16. The Morgan fingerprint density at radius 2 is 1.68 bits per heavy atom. The number of hydrogen-bond donors (Lipinski definition) is 2. The largest absolute Gasteiger partial charge is 0.399 e. The molecule has 4 nitrogen and oxygen atoms in total. The molecule has 4 heteroatoms. The first-order chi connectivity index (χ1) is 9.24. The van der Waals surface area contributed by atoms with E-state index in [1.54, 1.807) is 0 Å². The third kappa shape index (κ3) is 2.20. The van der Waals surface area contributed by atoms with E-state index in [0.717, 1.165) is 22.3 Å². The summed E-state index contributed by atoms with van der Waals surface area (Å²) in [6.07, 6.45) is 0.664. The molecule has 0 amide bonds. The molecule has 19 heavy (non-hydrogen) atoms. The predicted octanol–water partition coefficient (Wildman–Crippen LogP) is 2.10. The zero-order valence-electron chi connectivity index (χ0n) is 10.3. The Labute approximate surface area is 109 Å². The molecule has 1 heterocycles. The molecule has 0 atom stereocenters. The smallest absolute Gasteiger partial charge is 0.272 e. The van der Waals surface area contributed by atoms with Gasteiger partial charge in [-0.2, -0.15) is 5.10 Å². The van der Waals surface area contributed by atoms with E-state index in [1.807, 2.05) is 48.5 Å². The van der Waals surface area contributed by atoms with Crippen LogP contribution in [0.3, 0.4) is 0 Å². The molecule has 2 aromatic carbocycles. The number of fused-ring (bicyclic) bond motifs is 1. The zero-order valence-corrected chi connectivity index (χ0v) is 10.3. The molecule has 94 valence electrons. The minimum absolute atomic E-state index is 0.156. The van der Waals surface area contributed by atoms with Crippen LogP contribution < -0.4 is 11.3 Å². The third-order valence-corrected chi connectivity index (χ3v) is 3.13. The zero-order chi connectivity index (χ0) is 13.2. The van der Waals surface area contributed by atoms with Crippen molar-refractivity contribution in [2.45, 2.75) is 6.42 Å². The molecule has 0 saturated carbocycles. The van der Waals surface area contributed by atoms with Crippen LogP contribution in [0, 0.1) is 0 Å². The second-order valence-electron chi connectivity index (χ2n) is 4.46. The molecule has 0 aliphatic heterocycles. The van der Waals surface area contributed by atoms with Crippen molar-refractivity contribution in [1.82, 2.24) is 10.2 Å². The van der Waals surface area contributed by atoms with Gasteiger partial charge in [-0.05, 0) is 23.8 Å². The number of benzene rings is 2. The molecule has 0 fully saturated rings. The van der Waals surface area contributed by atoms with Gasteiger partial charge in [0.15, 0.2) is 0 Å². The van der Waals surface area contributed by atoms with Crippen LogP contribution in [-0.4, -0.2) is 10.2 Å². The molecule has 0 spiro atoms. The van der Waals surface area contributed by atoms with Gasteiger partial charge in [-0.3, -0.25) is 4.79 Å². The summed E-state index contributed by atoms with van der Waals surface area (Å²) < 4.78 is 0. The molecule has 0 radical (unpaired) electrons. The molecule has 3 rings (SSSR count). The van der Waals surface area contributed by atoms with Crippen molar-refractivity contribution in [2.75, 3.05) is 5.73 Å². The molecular weight excluding hydrogens is 238 g/mol. The number of nitrogens with one attached hydrogen (secondary N) is 1. The molecule has 3 aromatic rings. The first-order valence-corrected chi connectivity index (χ1v) is 6.05. The van der Waals surface area contributed by atoms with Crippen molar-refractivity contribution in [3.05, 3.63) is 70.1 Å². The van der Waals surface area contributed by atoms with Crippen molar-refractivity contribution < 1.29 is 0 Å². The van der Waals surface area contributed by atoms with E-state index in [4.69, 9.17) is 5.73 Å². The van der Waals surface area contributed by atoms with Crippen LogP contribution in [0.15, 0.2) is 53.3 Å². The van der Waals surface area contributed by atoms with Crippen molar-refractivity contribution in [3.63, 3.8) is 0 Å². The molecule has 0 aliphatic rings. The van der Waals surface area contributed by atoms with Crippen LogP contribution in [0.25, 0.3) is 10.8 Å². The fraction of sp³-hybridized carbons (Fsp3) is 0.0667. The van der Waals surface area contributed by atoms with Gasteiger partial charge in [-0.15, -0.1) is 0 Å². The number of rotatable bonds is 2. The monoisotopic (exact) mass is 251 g/mol. The number of hydrogen-bond acceptors (Lipinski definition) is 3. The summed E-state index contributed by atoms with van der Waals surface area (Å²) in [5, 5.41) is 8.26. The molecule has 0 aliphatic carbocycles. The summed E-state index contributed by atoms with van der Waals surface area (Å²) in [4.78, 5) is 11.7. The van der Waals surface area contributed by atoms with E-state index < -0.39 is 0 Å². The van der Waals surface area contributed by atoms with Crippen LogP contribution in [-0.2, 0) is 6.42 Å². The predicted molar refractivity (Wildman–Crippen MR) is 76.0 cm³/mol. The first-order valence-electron chi connectivity index (χ1n) is 6.05. The molecular formula is C15H13N3O. The average molecular weight is 251 g/mol. The first kappa shape index (κ1) is 11.5. The minimum atomic E-state index is -0.156. The maximum atomic E-state index is 11.7. The lowest BCUT2D eigenvalue weighted by atomic mass is 10.0. The van der Waals surface area contributed by atoms with Gasteiger partial charge in [-0.1, -0.05) is 30.3 Å². The highest BCUT2D eigenvalue weighted by molar-refractivity contribution is 5.83. The van der Waals surface area contributed by atoms with Crippen LogP contribution in [0.4, 0.5) is 5.69 Å². The average Bonchev–Trinajstić information content (AvgIpc) is 2.45. The molecule has 1 aromatic heterocycles. The lowest BCUT2D eigenvalue weighted by Gasteiger charge is -2.05. The van der Waals surface area contributed by atoms with E-state index >= 15 is 0 Å². The number of aromatic amines is 1. The maximum Gasteiger partial charge on any atom is 0.272 e. The maximum absolute atomic E-state index is 11.7. The Balaban J connectivity index is 2.08. The molecule has 0 saturated heterocycles. The fourth-order valence-corrected chi connectivity index (χ4v) is 2.14. The van der Waals surface area contributed by atoms with Crippen LogP contribution >= 0.6 is 0 Å². The summed E-state index contributed by atoms with van der Waals surface area (Å²) in [5.41, 5.74) is 8.22. The number of H-pyrrole nitrogens is 1. The van der Waals surface area contributed by atoms with Crippen LogP contribution in [0.2, 0.25) is 0 Å². The Morgan fingerprint density at radius 3 is 2.42 bits per heavy atom. The van der Waals surface area contributed by atoms with E-state index in [0.29, 0.717) is 11.8 Å². The van der Waals surface area contributed by atoms with Crippen LogP contribution in [0.1, 0.15) is 11.3 Å². The highest BCUT2D eigenvalue weighted by atomic mass is 16.1. The number of anilines is 1. The lowest BCUT2D eigenvalue weighted by molar-refractivity contribution is 0.934. The summed E-state index contributed by atoms with van der Waals surface area (Å²) in [5.74, 6) is 0. The van der Waals surface area contributed by atoms with E-state index in [2.05, 4.69) is 10.2 Å². The Kier molecular flexibility index (Phi) is 2.76. The standard InChI is InChI=1S/C15H13N3O/c16-11-7-5-10(6-8-11)9-14-12-3-1-2-4-13(12)15(19)18-17-14/h1-8H,9,16H2,(H,18,19). The van der Waals surface area contributed by atoms with Gasteiger partial charge in [0.2, 0.25) is 0 Å². The molecule has 3 N–H and O–H groups in total. The molecule has 0 bridgehead atoms. The van der Waals surface area contributed by atoms with Gasteiger partial charge in [0.05, 0.1) is 11.1 Å². The number of nitrogens with zero attached hydrogens (tertiary/aromatic N) is 1. The van der Waals surface area contributed by atoms with E-state index in [-0.39, 0.29) is 5.56 Å². The fourth-order valence-electron chi connectivity index (χ4n) is 2.14. The topological polar surface area (TPSA) is 71.8 Å². The highest BCUT2D eigenvalue weighted by Gasteiger charge is 2.06. The van der Waals surface area contributed by atoms with E-state index in [1.165, 1.54) is 0 Å². The van der Waals surface area contributed by atoms with Crippen molar-refractivity contribution >= 4 is 16.5 Å². The van der Waals surface area contributed by atoms with Gasteiger partial charge >= 0.3 is 0 Å². The number of nitrogens with two attached hydrogens (primary N) is 1. The second-order valence-corrected chi connectivity index (χ2v) is 4.46. The van der Waals surface area contributed by atoms with Gasteiger partial charge in [0.1, 0.15) is 0 Å². The number of aromatic nitrogens is 2. The number of nitrogen functional groups attached to an aromatic ring is 1. The summed E-state index contributed by atoms with van der Waals surface area (Å²) in [7, 11) is 0. The van der Waals surface area contributed by atoms with Crippen molar-refractivity contribution in [3.8, 4) is 0 Å². The summed E-state index contributed by atoms with van der Waals surface area (Å²) in [6.45, 7) is 0. The normalized spacial score (nSPS) is 10.7. The lowest BCUT2D eigenvalue weighted by Crippen LogP contribution is -2.11. The Bertz CT molecular complexity index is 775. The van der Waals surface area contributed by atoms with Gasteiger partial charge in [-0.25, -0.2) is 5.10 Å². The van der Waals surface area contributed by atoms with Crippen LogP contribution in [0.5, 0.6) is 0 Å². The van der Waals surface area contributed by atoms with Gasteiger partial charge in [0.25, 0.3) is 5.56 Å². The quantitative estimate of drug-likeness (QED) is 0.685. The Morgan fingerprint density at radius 1 is 1.00 bits per heavy atom. The molecule has 0 unspecified atom stereocenters. The summed E-state index contributed by atoms with van der Waals surface area (Å²) >= 11 is 0. The van der Waals surface area contributed by atoms with Gasteiger partial charge < -0.3 is 5.73 Å². The second kappa shape index (κ2) is 4.57. The van der Waals surface area contributed by atoms with Crippen molar-refractivity contribution in [2.24, 2.45) is 0 Å². The van der Waals surface area contributed by atoms with Crippen molar-refractivity contribution in [1.29, 1.82) is 0 Å². The van der Waals surface area contributed by atoms with Gasteiger partial charge in [0, 0.05) is 17.5 Å². The summed E-state index contributed by atoms with van der Waals surface area (Å²) in [6, 6.07) is 15.2. The third-order valence-electron chi connectivity index (χ3n) is 3.13. The Hall–Kier alpha value is -2.62.